The topological polar surface area (TPSA) is 77.0 Å². The maximum Gasteiger partial charge on any atom is 0.288 e. The molecule has 2 heterocycles. The van der Waals surface area contributed by atoms with Gasteiger partial charge in [0.1, 0.15) is 6.04 Å². The van der Waals surface area contributed by atoms with Gasteiger partial charge in [0.05, 0.1) is 5.69 Å². The molecule has 0 fully saturated rings. The lowest BCUT2D eigenvalue weighted by Gasteiger charge is -2.30. The molecule has 7 nitrogen and oxygen atoms in total. The summed E-state index contributed by atoms with van der Waals surface area (Å²) in [6.45, 7) is 5.09. The minimum Gasteiger partial charge on any atom is -0.367 e. The van der Waals surface area contributed by atoms with Gasteiger partial charge in [0.25, 0.3) is 11.8 Å². The van der Waals surface area contributed by atoms with Crippen LogP contribution in [0.25, 0.3) is 0 Å². The summed E-state index contributed by atoms with van der Waals surface area (Å²) in [4.78, 5) is 31.7. The third kappa shape index (κ3) is 3.81. The fourth-order valence-electron chi connectivity index (χ4n) is 3.85. The van der Waals surface area contributed by atoms with E-state index in [4.69, 9.17) is 0 Å². The Morgan fingerprint density at radius 3 is 2.66 bits per heavy atom. The molecular formula is C22H25N5O2. The van der Waals surface area contributed by atoms with E-state index in [0.29, 0.717) is 24.8 Å². The number of anilines is 2. The van der Waals surface area contributed by atoms with Crippen molar-refractivity contribution < 1.29 is 9.59 Å². The second-order valence-electron chi connectivity index (χ2n) is 7.41. The molecule has 2 aliphatic heterocycles. The van der Waals surface area contributed by atoms with Crippen LogP contribution in [0.15, 0.2) is 59.6 Å². The summed E-state index contributed by atoms with van der Waals surface area (Å²) in [5.74, 6) is -0.364. The third-order valence-corrected chi connectivity index (χ3v) is 5.33. The van der Waals surface area contributed by atoms with Gasteiger partial charge in [-0.3, -0.25) is 15.0 Å². The number of carbonyl (C=O) groups excluding carboxylic acids is 2. The predicted molar refractivity (Wildman–Crippen MR) is 114 cm³/mol. The molecule has 7 heteroatoms. The van der Waals surface area contributed by atoms with E-state index in [1.54, 1.807) is 6.92 Å². The maximum atomic E-state index is 12.7. The van der Waals surface area contributed by atoms with E-state index in [-0.39, 0.29) is 17.6 Å². The predicted octanol–water partition coefficient (Wildman–Crippen LogP) is 1.89. The molecule has 2 aromatic carbocycles. The Morgan fingerprint density at radius 2 is 1.86 bits per heavy atom. The molecule has 4 rings (SSSR count). The largest absolute Gasteiger partial charge is 0.367 e. The highest BCUT2D eigenvalue weighted by molar-refractivity contribution is 6.39. The summed E-state index contributed by atoms with van der Waals surface area (Å²) in [6.07, 6.45) is 1.02. The highest BCUT2D eigenvalue weighted by atomic mass is 16.2. The van der Waals surface area contributed by atoms with Crippen molar-refractivity contribution in [2.24, 2.45) is 4.99 Å². The normalized spacial score (nSPS) is 20.8. The van der Waals surface area contributed by atoms with Crippen LogP contribution in [0.4, 0.5) is 11.4 Å². The van der Waals surface area contributed by atoms with Crippen molar-refractivity contribution in [2.75, 3.05) is 23.0 Å². The molecule has 2 N–H and O–H groups in total. The number of nitrogens with zero attached hydrogens (tertiary/aromatic N) is 3. The lowest BCUT2D eigenvalue weighted by molar-refractivity contribution is -0.120. The summed E-state index contributed by atoms with van der Waals surface area (Å²) >= 11 is 0. The number of amides is 2. The van der Waals surface area contributed by atoms with Crippen molar-refractivity contribution in [2.45, 2.75) is 32.4 Å². The fraction of sp³-hybridized carbons (Fsp3) is 0.318. The average Bonchev–Trinajstić information content (AvgIpc) is 3.05. The van der Waals surface area contributed by atoms with Crippen LogP contribution < -0.4 is 20.7 Å². The molecule has 0 spiro atoms. The summed E-state index contributed by atoms with van der Waals surface area (Å²) in [5, 5.41) is 4.31. The van der Waals surface area contributed by atoms with Gasteiger partial charge in [-0.1, -0.05) is 36.4 Å². The first-order valence-electron chi connectivity index (χ1n) is 9.91. The summed E-state index contributed by atoms with van der Waals surface area (Å²) in [7, 11) is 0. The second kappa shape index (κ2) is 7.95. The number of hydrazine groups is 1. The number of hydrogen-bond acceptors (Lipinski definition) is 5. The molecular weight excluding hydrogens is 366 g/mol. The van der Waals surface area contributed by atoms with Crippen molar-refractivity contribution in [1.82, 2.24) is 10.7 Å². The Morgan fingerprint density at radius 1 is 1.14 bits per heavy atom. The molecule has 0 saturated heterocycles. The van der Waals surface area contributed by atoms with Crippen molar-refractivity contribution in [3.63, 3.8) is 0 Å². The number of nitrogens with one attached hydrogen (secondary N) is 2. The van der Waals surface area contributed by atoms with Crippen molar-refractivity contribution in [1.29, 1.82) is 0 Å². The van der Waals surface area contributed by atoms with Crippen molar-refractivity contribution in [3.05, 3.63) is 60.2 Å². The number of carbonyl (C=O) groups is 2. The number of rotatable bonds is 5. The van der Waals surface area contributed by atoms with E-state index in [1.165, 1.54) is 16.3 Å². The second-order valence-corrected chi connectivity index (χ2v) is 7.41. The molecule has 2 aromatic rings. The Bertz CT molecular complexity index is 943. The van der Waals surface area contributed by atoms with Gasteiger partial charge >= 0.3 is 0 Å². The number of hydrogen-bond donors (Lipinski definition) is 2. The molecule has 0 bridgehead atoms. The zero-order valence-corrected chi connectivity index (χ0v) is 16.6. The molecule has 2 aliphatic rings. The van der Waals surface area contributed by atoms with Gasteiger partial charge in [-0.15, -0.1) is 0 Å². The third-order valence-electron chi connectivity index (χ3n) is 5.33. The molecule has 0 aromatic heterocycles. The van der Waals surface area contributed by atoms with Gasteiger partial charge in [-0.05, 0) is 44.0 Å². The van der Waals surface area contributed by atoms with Gasteiger partial charge in [-0.2, -0.15) is 0 Å². The molecule has 150 valence electrons. The highest BCUT2D eigenvalue weighted by Gasteiger charge is 2.31. The van der Waals surface area contributed by atoms with Gasteiger partial charge < -0.3 is 10.2 Å². The first kappa shape index (κ1) is 19.0. The zero-order valence-electron chi connectivity index (χ0n) is 16.6. The minimum absolute atomic E-state index is 0.149. The van der Waals surface area contributed by atoms with Crippen LogP contribution in [-0.2, 0) is 16.0 Å². The fourth-order valence-corrected chi connectivity index (χ4v) is 3.85. The van der Waals surface area contributed by atoms with Crippen LogP contribution >= 0.6 is 0 Å². The van der Waals surface area contributed by atoms with E-state index in [9.17, 15) is 9.59 Å². The SMILES string of the molecule is CC1N=C(C(=O)NCCN2c3ccccc3CC2C)NN(c2ccccc2)C1=O. The van der Waals surface area contributed by atoms with Gasteiger partial charge in [0, 0.05) is 24.8 Å². The average molecular weight is 391 g/mol. The van der Waals surface area contributed by atoms with Gasteiger partial charge in [0.2, 0.25) is 5.84 Å². The lowest BCUT2D eigenvalue weighted by atomic mass is 10.1. The Balaban J connectivity index is 1.38. The van der Waals surface area contributed by atoms with E-state index in [2.05, 4.69) is 45.8 Å². The molecule has 0 saturated carbocycles. The van der Waals surface area contributed by atoms with E-state index >= 15 is 0 Å². The van der Waals surface area contributed by atoms with Crippen LogP contribution in [0.1, 0.15) is 19.4 Å². The number of fused-ring (bicyclic) bond motifs is 1. The number of benzene rings is 2. The summed E-state index contributed by atoms with van der Waals surface area (Å²) in [6, 6.07) is 17.3. The number of amidine groups is 1. The van der Waals surface area contributed by atoms with Crippen LogP contribution in [0.5, 0.6) is 0 Å². The number of aliphatic imine (C=N–C) groups is 1. The molecule has 2 atom stereocenters. The van der Waals surface area contributed by atoms with Gasteiger partial charge in [0.15, 0.2) is 0 Å². The quantitative estimate of drug-likeness (QED) is 0.816. The Kier molecular flexibility index (Phi) is 5.20. The molecule has 0 radical (unpaired) electrons. The monoisotopic (exact) mass is 391 g/mol. The molecule has 29 heavy (non-hydrogen) atoms. The van der Waals surface area contributed by atoms with Crippen LogP contribution in [-0.4, -0.2) is 42.8 Å². The van der Waals surface area contributed by atoms with Gasteiger partial charge in [-0.25, -0.2) is 10.0 Å². The molecule has 2 amide bonds. The first-order valence-corrected chi connectivity index (χ1v) is 9.91. The molecule has 2 unspecified atom stereocenters. The van der Waals surface area contributed by atoms with Crippen LogP contribution in [0.3, 0.4) is 0 Å². The number of para-hydroxylation sites is 2. The highest BCUT2D eigenvalue weighted by Crippen LogP contribution is 2.31. The minimum atomic E-state index is -0.623. The van der Waals surface area contributed by atoms with E-state index < -0.39 is 6.04 Å². The zero-order chi connectivity index (χ0) is 20.4. The van der Waals surface area contributed by atoms with Crippen molar-refractivity contribution in [3.8, 4) is 0 Å². The summed E-state index contributed by atoms with van der Waals surface area (Å²) < 4.78 is 0. The van der Waals surface area contributed by atoms with E-state index in [0.717, 1.165) is 6.42 Å². The van der Waals surface area contributed by atoms with Crippen LogP contribution in [0, 0.1) is 0 Å². The molecule has 0 aliphatic carbocycles. The van der Waals surface area contributed by atoms with Crippen molar-refractivity contribution >= 4 is 29.0 Å². The van der Waals surface area contributed by atoms with E-state index in [1.807, 2.05) is 36.4 Å². The summed E-state index contributed by atoms with van der Waals surface area (Å²) in [5.41, 5.74) is 6.11. The maximum absolute atomic E-state index is 12.7. The Hall–Kier alpha value is -3.35. The van der Waals surface area contributed by atoms with Crippen LogP contribution in [0.2, 0.25) is 0 Å². The lowest BCUT2D eigenvalue weighted by Crippen LogP contribution is -2.58. The smallest absolute Gasteiger partial charge is 0.288 e. The standard InChI is InChI=1S/C22H25N5O2/c1-15-14-17-8-6-7-11-19(17)26(15)13-12-23-21(28)20-24-16(2)22(29)27(25-20)18-9-4-3-5-10-18/h3-11,15-16H,12-14H2,1-2H3,(H,23,28)(H,24,25). The first-order chi connectivity index (χ1) is 14.0. The Labute approximate surface area is 170 Å².